The molecular weight excluding hydrogens is 254 g/mol. The highest BCUT2D eigenvalue weighted by molar-refractivity contribution is 7.85. The van der Waals surface area contributed by atoms with Gasteiger partial charge < -0.3 is 5.32 Å². The van der Waals surface area contributed by atoms with Crippen LogP contribution in [0.5, 0.6) is 0 Å². The SMILES string of the molecule is CC(C)(C)NCCS(=O)c1ccc2ccccc2c1. The molecule has 102 valence electrons. The summed E-state index contributed by atoms with van der Waals surface area (Å²) in [4.78, 5) is 0.911. The van der Waals surface area contributed by atoms with Gasteiger partial charge in [0.05, 0.1) is 10.8 Å². The minimum absolute atomic E-state index is 0.0770. The number of fused-ring (bicyclic) bond motifs is 1. The van der Waals surface area contributed by atoms with E-state index in [1.54, 1.807) is 0 Å². The molecule has 0 aromatic heterocycles. The number of hydrogen-bond donors (Lipinski definition) is 1. The first-order chi connectivity index (χ1) is 8.96. The first-order valence-corrected chi connectivity index (χ1v) is 7.90. The molecule has 1 N–H and O–H groups in total. The van der Waals surface area contributed by atoms with Crippen molar-refractivity contribution in [2.45, 2.75) is 31.2 Å². The van der Waals surface area contributed by atoms with Gasteiger partial charge in [0.1, 0.15) is 0 Å². The Bertz CT molecular complexity index is 587. The van der Waals surface area contributed by atoms with E-state index in [4.69, 9.17) is 0 Å². The first kappa shape index (κ1) is 14.2. The Morgan fingerprint density at radius 1 is 1.05 bits per heavy atom. The van der Waals surface area contributed by atoms with Gasteiger partial charge in [-0.3, -0.25) is 4.21 Å². The fraction of sp³-hybridized carbons (Fsp3) is 0.375. The lowest BCUT2D eigenvalue weighted by Crippen LogP contribution is -2.38. The largest absolute Gasteiger partial charge is 0.311 e. The van der Waals surface area contributed by atoms with Crippen molar-refractivity contribution in [2.24, 2.45) is 0 Å². The average molecular weight is 275 g/mol. The Hall–Kier alpha value is -1.19. The van der Waals surface area contributed by atoms with Gasteiger partial charge >= 0.3 is 0 Å². The molecule has 0 saturated carbocycles. The molecule has 2 aromatic carbocycles. The highest BCUT2D eigenvalue weighted by atomic mass is 32.2. The van der Waals surface area contributed by atoms with Crippen molar-refractivity contribution in [3.05, 3.63) is 42.5 Å². The zero-order valence-corrected chi connectivity index (χ0v) is 12.6. The molecule has 1 unspecified atom stereocenters. The second-order valence-corrected chi connectivity index (χ2v) is 7.31. The molecule has 0 saturated heterocycles. The van der Waals surface area contributed by atoms with Crippen molar-refractivity contribution in [1.29, 1.82) is 0 Å². The Morgan fingerprint density at radius 3 is 2.42 bits per heavy atom. The lowest BCUT2D eigenvalue weighted by molar-refractivity contribution is 0.440. The van der Waals surface area contributed by atoms with E-state index >= 15 is 0 Å². The molecule has 2 nitrogen and oxygen atoms in total. The lowest BCUT2D eigenvalue weighted by atomic mass is 10.1. The highest BCUT2D eigenvalue weighted by Gasteiger charge is 2.10. The van der Waals surface area contributed by atoms with Crippen molar-refractivity contribution >= 4 is 21.6 Å². The van der Waals surface area contributed by atoms with Crippen LogP contribution in [0.1, 0.15) is 20.8 Å². The van der Waals surface area contributed by atoms with E-state index in [0.717, 1.165) is 16.8 Å². The number of rotatable bonds is 4. The highest BCUT2D eigenvalue weighted by Crippen LogP contribution is 2.17. The van der Waals surface area contributed by atoms with Crippen molar-refractivity contribution < 1.29 is 4.21 Å². The molecule has 0 aliphatic carbocycles. The first-order valence-electron chi connectivity index (χ1n) is 6.58. The minimum atomic E-state index is -0.937. The molecule has 0 aliphatic heterocycles. The Labute approximate surface area is 117 Å². The van der Waals surface area contributed by atoms with Crippen LogP contribution in [0.4, 0.5) is 0 Å². The van der Waals surface area contributed by atoms with Gasteiger partial charge in [0.25, 0.3) is 0 Å². The molecule has 2 rings (SSSR count). The van der Waals surface area contributed by atoms with Crippen molar-refractivity contribution in [3.63, 3.8) is 0 Å². The molecule has 0 amide bonds. The third-order valence-electron chi connectivity index (χ3n) is 2.93. The fourth-order valence-electron chi connectivity index (χ4n) is 1.95. The Balaban J connectivity index is 2.05. The van der Waals surface area contributed by atoms with Gasteiger partial charge in [0.15, 0.2) is 0 Å². The van der Waals surface area contributed by atoms with Crippen molar-refractivity contribution in [2.75, 3.05) is 12.3 Å². The monoisotopic (exact) mass is 275 g/mol. The van der Waals surface area contributed by atoms with Crippen molar-refractivity contribution in [3.8, 4) is 0 Å². The van der Waals surface area contributed by atoms with Crippen LogP contribution in [0.2, 0.25) is 0 Å². The summed E-state index contributed by atoms with van der Waals surface area (Å²) < 4.78 is 12.2. The predicted octanol–water partition coefficient (Wildman–Crippen LogP) is 3.34. The maximum absolute atomic E-state index is 12.2. The molecule has 0 spiro atoms. The van der Waals surface area contributed by atoms with E-state index < -0.39 is 10.8 Å². The normalized spacial score (nSPS) is 13.6. The van der Waals surface area contributed by atoms with Crippen LogP contribution in [0.15, 0.2) is 47.4 Å². The fourth-order valence-corrected chi connectivity index (χ4v) is 2.95. The molecule has 3 heteroatoms. The average Bonchev–Trinajstić information content (AvgIpc) is 2.36. The predicted molar refractivity (Wildman–Crippen MR) is 83.0 cm³/mol. The van der Waals surface area contributed by atoms with Crippen molar-refractivity contribution in [1.82, 2.24) is 5.32 Å². The Morgan fingerprint density at radius 2 is 1.74 bits per heavy atom. The summed E-state index contributed by atoms with van der Waals surface area (Å²) in [5, 5.41) is 5.71. The molecule has 0 radical (unpaired) electrons. The summed E-state index contributed by atoms with van der Waals surface area (Å²) in [6.07, 6.45) is 0. The molecule has 2 aromatic rings. The van der Waals surface area contributed by atoms with Gasteiger partial charge in [-0.25, -0.2) is 0 Å². The molecule has 0 heterocycles. The van der Waals surface area contributed by atoms with E-state index in [-0.39, 0.29) is 5.54 Å². The van der Waals surface area contributed by atoms with Crippen LogP contribution in [0, 0.1) is 0 Å². The summed E-state index contributed by atoms with van der Waals surface area (Å²) in [5.74, 6) is 0.648. The molecule has 19 heavy (non-hydrogen) atoms. The van der Waals surface area contributed by atoms with Crippen LogP contribution >= 0.6 is 0 Å². The molecule has 1 atom stereocenters. The summed E-state index contributed by atoms with van der Waals surface area (Å²) in [7, 11) is -0.937. The second kappa shape index (κ2) is 5.85. The van der Waals surface area contributed by atoms with Crippen LogP contribution in [-0.4, -0.2) is 22.0 Å². The summed E-state index contributed by atoms with van der Waals surface area (Å²) >= 11 is 0. The van der Waals surface area contributed by atoms with Gasteiger partial charge in [-0.2, -0.15) is 0 Å². The summed E-state index contributed by atoms with van der Waals surface area (Å²) in [6, 6.07) is 14.2. The van der Waals surface area contributed by atoms with E-state index in [0.29, 0.717) is 5.75 Å². The van der Waals surface area contributed by atoms with Crippen LogP contribution < -0.4 is 5.32 Å². The van der Waals surface area contributed by atoms with Crippen LogP contribution in [-0.2, 0) is 10.8 Å². The minimum Gasteiger partial charge on any atom is -0.311 e. The van der Waals surface area contributed by atoms with E-state index in [9.17, 15) is 4.21 Å². The second-order valence-electron chi connectivity index (χ2n) is 5.74. The standard InChI is InChI=1S/C16H21NOS/c1-16(2,3)17-10-11-19(18)15-9-8-13-6-4-5-7-14(13)12-15/h4-9,12,17H,10-11H2,1-3H3. The zero-order chi connectivity index (χ0) is 13.9. The zero-order valence-electron chi connectivity index (χ0n) is 11.8. The van der Waals surface area contributed by atoms with Gasteiger partial charge in [-0.05, 0) is 43.7 Å². The molecule has 0 fully saturated rings. The maximum atomic E-state index is 12.2. The number of nitrogens with one attached hydrogen (secondary N) is 1. The molecular formula is C16H21NOS. The van der Waals surface area contributed by atoms with E-state index in [2.05, 4.69) is 38.2 Å². The topological polar surface area (TPSA) is 29.1 Å². The van der Waals surface area contributed by atoms with Crippen LogP contribution in [0.25, 0.3) is 10.8 Å². The summed E-state index contributed by atoms with van der Waals surface area (Å²) in [5.41, 5.74) is 0.0770. The van der Waals surface area contributed by atoms with E-state index in [1.165, 1.54) is 5.39 Å². The maximum Gasteiger partial charge on any atom is 0.0542 e. The van der Waals surface area contributed by atoms with Gasteiger partial charge in [0.2, 0.25) is 0 Å². The molecule has 0 bridgehead atoms. The smallest absolute Gasteiger partial charge is 0.0542 e. The third-order valence-corrected chi connectivity index (χ3v) is 4.28. The van der Waals surface area contributed by atoms with Crippen LogP contribution in [0.3, 0.4) is 0 Å². The summed E-state index contributed by atoms with van der Waals surface area (Å²) in [6.45, 7) is 7.12. The Kier molecular flexibility index (Phi) is 4.38. The number of benzene rings is 2. The third kappa shape index (κ3) is 4.15. The lowest BCUT2D eigenvalue weighted by Gasteiger charge is -2.20. The number of hydrogen-bond acceptors (Lipinski definition) is 2. The van der Waals surface area contributed by atoms with Gasteiger partial charge in [-0.15, -0.1) is 0 Å². The van der Waals surface area contributed by atoms with Gasteiger partial charge in [0, 0.05) is 22.7 Å². The van der Waals surface area contributed by atoms with E-state index in [1.807, 2.05) is 30.3 Å². The molecule has 0 aliphatic rings. The van der Waals surface area contributed by atoms with Gasteiger partial charge in [-0.1, -0.05) is 30.3 Å². The quantitative estimate of drug-likeness (QED) is 0.927.